The number of hydrogen-bond acceptors (Lipinski definition) is 7. The molecule has 9 nitrogen and oxygen atoms in total. The molecule has 9 heteroatoms. The maximum absolute atomic E-state index is 10.3. The fraction of sp³-hybridized carbons (Fsp3) is 0.222. The monoisotopic (exact) mass is 380 g/mol. The molecule has 8 N–H and O–H groups in total. The fourth-order valence-electron chi connectivity index (χ4n) is 1.48. The third-order valence-electron chi connectivity index (χ3n) is 2.79. The first kappa shape index (κ1) is 23.9. The number of benzene rings is 2. The molecule has 0 aliphatic heterocycles. The molecule has 0 unspecified atom stereocenters. The number of carboxylic acids is 2. The van der Waals surface area contributed by atoms with Gasteiger partial charge in [-0.25, -0.2) is 9.59 Å². The van der Waals surface area contributed by atoms with Gasteiger partial charge in [0.05, 0.1) is 37.6 Å². The lowest BCUT2D eigenvalue weighted by atomic mass is 10.2. The van der Waals surface area contributed by atoms with E-state index < -0.39 is 11.9 Å². The molecule has 0 bridgehead atoms. The van der Waals surface area contributed by atoms with Gasteiger partial charge in [0, 0.05) is 11.4 Å². The molecule has 0 saturated carbocycles. The van der Waals surface area contributed by atoms with Crippen LogP contribution in [0.2, 0.25) is 0 Å². The molecule has 2 aromatic carbocycles. The van der Waals surface area contributed by atoms with Crippen LogP contribution in [-0.2, 0) is 4.74 Å². The average Bonchev–Trinajstić information content (AvgIpc) is 2.64. The molecule has 0 radical (unpaired) electrons. The maximum atomic E-state index is 10.3. The average molecular weight is 380 g/mol. The Bertz CT molecular complexity index is 614. The van der Waals surface area contributed by atoms with Crippen molar-refractivity contribution in [2.75, 3.05) is 37.9 Å². The van der Waals surface area contributed by atoms with E-state index >= 15 is 0 Å². The summed E-state index contributed by atoms with van der Waals surface area (Å²) in [5.41, 5.74) is 12.3. The normalized spacial score (nSPS) is 9.26. The number of rotatable bonds is 6. The number of aromatic carboxylic acids is 2. The molecular formula is C18H24N2O7. The lowest BCUT2D eigenvalue weighted by Crippen LogP contribution is -2.03. The molecule has 0 saturated heterocycles. The molecule has 0 amide bonds. The molecule has 0 atom stereocenters. The molecule has 0 spiro atoms. The van der Waals surface area contributed by atoms with E-state index in [0.29, 0.717) is 24.6 Å². The standard InChI is InChI=1S/2C7H7NO2.C4H10O3/c2*8-6-3-1-5(2-4-6)7(9)10;5-1-3-7-4-2-6/h2*1-4H,8H2,(H,9,10);5-6H,1-4H2. The number of carbonyl (C=O) groups is 2. The summed E-state index contributed by atoms with van der Waals surface area (Å²) in [5.74, 6) is -1.86. The Morgan fingerprint density at radius 3 is 1.22 bits per heavy atom. The highest BCUT2D eigenvalue weighted by molar-refractivity contribution is 5.88. The second kappa shape index (κ2) is 14.1. The zero-order valence-electron chi connectivity index (χ0n) is 14.6. The van der Waals surface area contributed by atoms with Crippen LogP contribution in [-0.4, -0.2) is 58.8 Å². The molecule has 148 valence electrons. The summed E-state index contributed by atoms with van der Waals surface area (Å²) >= 11 is 0. The molecule has 0 heterocycles. The van der Waals surface area contributed by atoms with Crippen LogP contribution < -0.4 is 11.5 Å². The number of aliphatic hydroxyl groups is 2. The minimum Gasteiger partial charge on any atom is -0.478 e. The molecular weight excluding hydrogens is 356 g/mol. The van der Waals surface area contributed by atoms with E-state index in [0.717, 1.165) is 0 Å². The van der Waals surface area contributed by atoms with Crippen molar-refractivity contribution in [3.8, 4) is 0 Å². The van der Waals surface area contributed by atoms with Gasteiger partial charge in [0.1, 0.15) is 0 Å². The van der Waals surface area contributed by atoms with Crippen LogP contribution in [0.5, 0.6) is 0 Å². The van der Waals surface area contributed by atoms with Crippen LogP contribution in [0, 0.1) is 0 Å². The first-order valence-electron chi connectivity index (χ1n) is 7.79. The van der Waals surface area contributed by atoms with Crippen LogP contribution in [0.4, 0.5) is 11.4 Å². The smallest absolute Gasteiger partial charge is 0.335 e. The molecule has 27 heavy (non-hydrogen) atoms. The molecule has 0 aromatic heterocycles. The predicted molar refractivity (Wildman–Crippen MR) is 101 cm³/mol. The number of nitrogens with two attached hydrogens (primary N) is 2. The molecule has 2 rings (SSSR count). The van der Waals surface area contributed by atoms with Crippen molar-refractivity contribution in [2.45, 2.75) is 0 Å². The molecule has 2 aromatic rings. The lowest BCUT2D eigenvalue weighted by Gasteiger charge is -1.94. The quantitative estimate of drug-likeness (QED) is 0.314. The van der Waals surface area contributed by atoms with Crippen molar-refractivity contribution >= 4 is 23.3 Å². The van der Waals surface area contributed by atoms with E-state index in [1.54, 1.807) is 24.3 Å². The minimum atomic E-state index is -0.931. The summed E-state index contributed by atoms with van der Waals surface area (Å²) in [6.07, 6.45) is 0. The molecule has 0 aliphatic carbocycles. The van der Waals surface area contributed by atoms with Crippen molar-refractivity contribution in [3.05, 3.63) is 59.7 Å². The minimum absolute atomic E-state index is 0.0278. The van der Waals surface area contributed by atoms with Crippen LogP contribution >= 0.6 is 0 Å². The van der Waals surface area contributed by atoms with Crippen LogP contribution in [0.1, 0.15) is 20.7 Å². The Kier molecular flexibility index (Phi) is 12.4. The second-order valence-corrected chi connectivity index (χ2v) is 4.91. The summed E-state index contributed by atoms with van der Waals surface area (Å²) in [7, 11) is 0. The van der Waals surface area contributed by atoms with Crippen molar-refractivity contribution in [1.29, 1.82) is 0 Å². The highest BCUT2D eigenvalue weighted by atomic mass is 16.5. The topological polar surface area (TPSA) is 176 Å². The van der Waals surface area contributed by atoms with Gasteiger partial charge in [-0.1, -0.05) is 0 Å². The Morgan fingerprint density at radius 2 is 1.00 bits per heavy atom. The third kappa shape index (κ3) is 11.9. The van der Waals surface area contributed by atoms with E-state index in [1.807, 2.05) is 0 Å². The van der Waals surface area contributed by atoms with Gasteiger partial charge in [0.15, 0.2) is 0 Å². The predicted octanol–water partition coefficient (Wildman–Crippen LogP) is 0.922. The molecule has 0 aliphatic rings. The van der Waals surface area contributed by atoms with E-state index in [9.17, 15) is 9.59 Å². The maximum Gasteiger partial charge on any atom is 0.335 e. The van der Waals surface area contributed by atoms with Gasteiger partial charge in [-0.15, -0.1) is 0 Å². The number of anilines is 2. The van der Waals surface area contributed by atoms with Crippen LogP contribution in [0.15, 0.2) is 48.5 Å². The second-order valence-electron chi connectivity index (χ2n) is 4.91. The number of carboxylic acid groups (broad SMARTS) is 2. The zero-order chi connectivity index (χ0) is 20.7. The summed E-state index contributed by atoms with van der Waals surface area (Å²) in [6, 6.07) is 12.1. The van der Waals surface area contributed by atoms with Gasteiger partial charge in [-0.3, -0.25) is 0 Å². The zero-order valence-corrected chi connectivity index (χ0v) is 14.6. The Labute approximate surface area is 156 Å². The van der Waals surface area contributed by atoms with Crippen LogP contribution in [0.3, 0.4) is 0 Å². The van der Waals surface area contributed by atoms with E-state index in [2.05, 4.69) is 4.74 Å². The fourth-order valence-corrected chi connectivity index (χ4v) is 1.48. The Balaban J connectivity index is 0.000000384. The van der Waals surface area contributed by atoms with Gasteiger partial charge in [-0.05, 0) is 48.5 Å². The van der Waals surface area contributed by atoms with Crippen molar-refractivity contribution in [3.63, 3.8) is 0 Å². The number of hydrogen-bond donors (Lipinski definition) is 6. The Hall–Kier alpha value is -3.14. The lowest BCUT2D eigenvalue weighted by molar-refractivity contribution is 0.0650. The third-order valence-corrected chi connectivity index (χ3v) is 2.79. The van der Waals surface area contributed by atoms with Gasteiger partial charge in [-0.2, -0.15) is 0 Å². The van der Waals surface area contributed by atoms with Crippen LogP contribution in [0.25, 0.3) is 0 Å². The van der Waals surface area contributed by atoms with Crippen molar-refractivity contribution < 1.29 is 34.8 Å². The van der Waals surface area contributed by atoms with Crippen molar-refractivity contribution in [2.24, 2.45) is 0 Å². The number of aliphatic hydroxyl groups excluding tert-OH is 2. The van der Waals surface area contributed by atoms with E-state index in [-0.39, 0.29) is 24.3 Å². The van der Waals surface area contributed by atoms with E-state index in [4.69, 9.17) is 31.9 Å². The highest BCUT2D eigenvalue weighted by Gasteiger charge is 1.99. The van der Waals surface area contributed by atoms with Gasteiger partial charge in [0.25, 0.3) is 0 Å². The van der Waals surface area contributed by atoms with Crippen molar-refractivity contribution in [1.82, 2.24) is 0 Å². The first-order valence-corrected chi connectivity index (χ1v) is 7.79. The summed E-state index contributed by atoms with van der Waals surface area (Å²) in [6.45, 7) is 0.696. The first-order chi connectivity index (χ1) is 12.8. The van der Waals surface area contributed by atoms with E-state index in [1.165, 1.54) is 24.3 Å². The highest BCUT2D eigenvalue weighted by Crippen LogP contribution is 2.05. The Morgan fingerprint density at radius 1 is 0.704 bits per heavy atom. The number of ether oxygens (including phenoxy) is 1. The molecule has 0 fully saturated rings. The summed E-state index contributed by atoms with van der Waals surface area (Å²) in [4.78, 5) is 20.5. The van der Waals surface area contributed by atoms with Gasteiger partial charge < -0.3 is 36.6 Å². The SMILES string of the molecule is Nc1ccc(C(=O)O)cc1.Nc1ccc(C(=O)O)cc1.OCCOCCO. The van der Waals surface area contributed by atoms with Gasteiger partial charge in [0.2, 0.25) is 0 Å². The van der Waals surface area contributed by atoms with Gasteiger partial charge >= 0.3 is 11.9 Å². The largest absolute Gasteiger partial charge is 0.478 e. The number of nitrogen functional groups attached to an aromatic ring is 2. The summed E-state index contributed by atoms with van der Waals surface area (Å²) in [5, 5.41) is 33.0. The summed E-state index contributed by atoms with van der Waals surface area (Å²) < 4.78 is 4.63.